The molecule has 0 unspecified atom stereocenters. The molecule has 0 spiro atoms. The number of carbonyl (C=O) groups excluding carboxylic acids is 2. The maximum Gasteiger partial charge on any atom is 0.241 e. The predicted molar refractivity (Wildman–Crippen MR) is 92.2 cm³/mol. The number of nitriles is 1. The van der Waals surface area contributed by atoms with Crippen molar-refractivity contribution < 1.29 is 9.59 Å². The number of amides is 2. The molecular formula is C18H24N4O2. The van der Waals surface area contributed by atoms with Gasteiger partial charge in [0.2, 0.25) is 11.8 Å². The highest BCUT2D eigenvalue weighted by molar-refractivity contribution is 5.94. The second-order valence-corrected chi connectivity index (χ2v) is 6.37. The van der Waals surface area contributed by atoms with Crippen LogP contribution in [-0.2, 0) is 9.59 Å². The number of rotatable bonds is 4. The molecule has 0 bridgehead atoms. The summed E-state index contributed by atoms with van der Waals surface area (Å²) in [6.45, 7) is 8.34. The van der Waals surface area contributed by atoms with Crippen LogP contribution in [0.1, 0.15) is 26.3 Å². The molecule has 1 fully saturated rings. The lowest BCUT2D eigenvalue weighted by Gasteiger charge is -2.38. The summed E-state index contributed by atoms with van der Waals surface area (Å²) in [7, 11) is 0. The molecule has 1 atom stereocenters. The Morgan fingerprint density at radius 1 is 1.17 bits per heavy atom. The van der Waals surface area contributed by atoms with Gasteiger partial charge in [0.15, 0.2) is 0 Å². The molecule has 1 aromatic rings. The van der Waals surface area contributed by atoms with E-state index < -0.39 is 0 Å². The summed E-state index contributed by atoms with van der Waals surface area (Å²) < 4.78 is 0. The van der Waals surface area contributed by atoms with Gasteiger partial charge in [-0.3, -0.25) is 14.5 Å². The third-order valence-electron chi connectivity index (χ3n) is 4.31. The van der Waals surface area contributed by atoms with E-state index in [4.69, 9.17) is 5.26 Å². The number of benzene rings is 1. The molecule has 0 radical (unpaired) electrons. The van der Waals surface area contributed by atoms with E-state index in [2.05, 4.69) is 16.3 Å². The van der Waals surface area contributed by atoms with Gasteiger partial charge in [0, 0.05) is 37.8 Å². The van der Waals surface area contributed by atoms with Gasteiger partial charge in [-0.25, -0.2) is 0 Å². The van der Waals surface area contributed by atoms with E-state index in [1.165, 1.54) is 0 Å². The molecule has 1 saturated heterocycles. The number of carbonyl (C=O) groups is 2. The summed E-state index contributed by atoms with van der Waals surface area (Å²) >= 11 is 0. The highest BCUT2D eigenvalue weighted by Gasteiger charge is 2.28. The van der Waals surface area contributed by atoms with Crippen LogP contribution < -0.4 is 5.32 Å². The summed E-state index contributed by atoms with van der Waals surface area (Å²) in [6.07, 6.45) is 0. The summed E-state index contributed by atoms with van der Waals surface area (Å²) in [6, 6.07) is 8.64. The van der Waals surface area contributed by atoms with Crippen molar-refractivity contribution in [3.63, 3.8) is 0 Å². The fraction of sp³-hybridized carbons (Fsp3) is 0.500. The Morgan fingerprint density at radius 3 is 2.42 bits per heavy atom. The second-order valence-electron chi connectivity index (χ2n) is 6.37. The predicted octanol–water partition coefficient (Wildman–Crippen LogP) is 1.69. The smallest absolute Gasteiger partial charge is 0.241 e. The highest BCUT2D eigenvalue weighted by atomic mass is 16.2. The van der Waals surface area contributed by atoms with Gasteiger partial charge < -0.3 is 10.2 Å². The maximum atomic E-state index is 12.4. The van der Waals surface area contributed by atoms with E-state index in [9.17, 15) is 9.59 Å². The van der Waals surface area contributed by atoms with Crippen molar-refractivity contribution in [2.24, 2.45) is 5.92 Å². The van der Waals surface area contributed by atoms with Gasteiger partial charge in [-0.15, -0.1) is 0 Å². The van der Waals surface area contributed by atoms with E-state index in [1.54, 1.807) is 24.3 Å². The van der Waals surface area contributed by atoms with E-state index in [1.807, 2.05) is 25.7 Å². The molecule has 1 aliphatic rings. The molecule has 0 saturated carbocycles. The molecule has 6 heteroatoms. The van der Waals surface area contributed by atoms with Gasteiger partial charge in [0.1, 0.15) is 0 Å². The minimum atomic E-state index is -0.285. The molecule has 0 aromatic heterocycles. The zero-order valence-corrected chi connectivity index (χ0v) is 14.5. The fourth-order valence-corrected chi connectivity index (χ4v) is 2.77. The molecule has 1 aromatic carbocycles. The van der Waals surface area contributed by atoms with Gasteiger partial charge in [-0.05, 0) is 25.1 Å². The molecule has 0 aliphatic carbocycles. The molecular weight excluding hydrogens is 304 g/mol. The average Bonchev–Trinajstić information content (AvgIpc) is 2.60. The van der Waals surface area contributed by atoms with E-state index >= 15 is 0 Å². The number of nitrogens with one attached hydrogen (secondary N) is 1. The third kappa shape index (κ3) is 4.33. The number of anilines is 1. The number of hydrogen-bond acceptors (Lipinski definition) is 4. The fourth-order valence-electron chi connectivity index (χ4n) is 2.77. The van der Waals surface area contributed by atoms with Crippen LogP contribution in [0.4, 0.5) is 5.69 Å². The summed E-state index contributed by atoms with van der Waals surface area (Å²) in [4.78, 5) is 28.4. The Hall–Kier alpha value is -2.39. The minimum Gasteiger partial charge on any atom is -0.340 e. The first-order valence-corrected chi connectivity index (χ1v) is 8.26. The van der Waals surface area contributed by atoms with E-state index in [0.29, 0.717) is 37.4 Å². The number of hydrogen-bond donors (Lipinski definition) is 1. The highest BCUT2D eigenvalue weighted by Crippen LogP contribution is 2.13. The molecule has 1 heterocycles. The van der Waals surface area contributed by atoms with Crippen LogP contribution in [0, 0.1) is 17.2 Å². The van der Waals surface area contributed by atoms with E-state index in [0.717, 1.165) is 0 Å². The first-order valence-electron chi connectivity index (χ1n) is 8.26. The molecule has 128 valence electrons. The Kier molecular flexibility index (Phi) is 5.93. The summed E-state index contributed by atoms with van der Waals surface area (Å²) in [5.41, 5.74) is 1.14. The van der Waals surface area contributed by atoms with Crippen molar-refractivity contribution in [2.75, 3.05) is 31.5 Å². The minimum absolute atomic E-state index is 0.00434. The average molecular weight is 328 g/mol. The van der Waals surface area contributed by atoms with Crippen molar-refractivity contribution in [1.29, 1.82) is 5.26 Å². The lowest BCUT2D eigenvalue weighted by Crippen LogP contribution is -2.54. The van der Waals surface area contributed by atoms with Crippen LogP contribution in [0.5, 0.6) is 0 Å². The summed E-state index contributed by atoms with van der Waals surface area (Å²) in [5, 5.41) is 11.8. The normalized spacial score (nSPS) is 16.5. The monoisotopic (exact) mass is 328 g/mol. The zero-order chi connectivity index (χ0) is 17.7. The number of nitrogens with zero attached hydrogens (tertiary/aromatic N) is 3. The van der Waals surface area contributed by atoms with Crippen LogP contribution in [0.25, 0.3) is 0 Å². The van der Waals surface area contributed by atoms with Gasteiger partial charge in [0.25, 0.3) is 0 Å². The Labute approximate surface area is 143 Å². The van der Waals surface area contributed by atoms with Crippen LogP contribution in [-0.4, -0.2) is 53.8 Å². The SMILES string of the molecule is CC(C)C(=O)N1CCN([C@@H](C)C(=O)Nc2cccc(C#N)c2)CC1. The van der Waals surface area contributed by atoms with Crippen LogP contribution >= 0.6 is 0 Å². The van der Waals surface area contributed by atoms with Crippen molar-refractivity contribution in [3.8, 4) is 6.07 Å². The Balaban J connectivity index is 1.90. The van der Waals surface area contributed by atoms with Crippen molar-refractivity contribution in [1.82, 2.24) is 9.80 Å². The molecule has 2 amide bonds. The largest absolute Gasteiger partial charge is 0.340 e. The topological polar surface area (TPSA) is 76.4 Å². The molecule has 6 nitrogen and oxygen atoms in total. The molecule has 24 heavy (non-hydrogen) atoms. The second kappa shape index (κ2) is 7.93. The summed E-state index contributed by atoms with van der Waals surface area (Å²) in [5.74, 6) is 0.0680. The van der Waals surface area contributed by atoms with Gasteiger partial charge in [-0.1, -0.05) is 19.9 Å². The van der Waals surface area contributed by atoms with Gasteiger partial charge >= 0.3 is 0 Å². The van der Waals surface area contributed by atoms with Crippen molar-refractivity contribution in [3.05, 3.63) is 29.8 Å². The maximum absolute atomic E-state index is 12.4. The van der Waals surface area contributed by atoms with Crippen molar-refractivity contribution in [2.45, 2.75) is 26.8 Å². The number of piperazine rings is 1. The van der Waals surface area contributed by atoms with Crippen LogP contribution in [0.15, 0.2) is 24.3 Å². The lowest BCUT2D eigenvalue weighted by atomic mass is 10.1. The first-order chi connectivity index (χ1) is 11.4. The Bertz CT molecular complexity index is 643. The van der Waals surface area contributed by atoms with E-state index in [-0.39, 0.29) is 23.8 Å². The standard InChI is InChI=1S/C18H24N4O2/c1-13(2)18(24)22-9-7-21(8-10-22)14(3)17(23)20-16-6-4-5-15(11-16)12-19/h4-6,11,13-14H,7-10H2,1-3H3,(H,20,23)/t14-/m0/s1. The quantitative estimate of drug-likeness (QED) is 0.912. The third-order valence-corrected chi connectivity index (χ3v) is 4.31. The first kappa shape index (κ1) is 18.0. The molecule has 1 aliphatic heterocycles. The Morgan fingerprint density at radius 2 is 1.83 bits per heavy atom. The van der Waals surface area contributed by atoms with Crippen LogP contribution in [0.2, 0.25) is 0 Å². The lowest BCUT2D eigenvalue weighted by molar-refractivity contribution is -0.136. The van der Waals surface area contributed by atoms with Crippen LogP contribution in [0.3, 0.4) is 0 Å². The molecule has 2 rings (SSSR count). The van der Waals surface area contributed by atoms with Gasteiger partial charge in [0.05, 0.1) is 17.7 Å². The van der Waals surface area contributed by atoms with Crippen molar-refractivity contribution >= 4 is 17.5 Å². The molecule has 1 N–H and O–H groups in total. The zero-order valence-electron chi connectivity index (χ0n) is 14.5. The van der Waals surface area contributed by atoms with Gasteiger partial charge in [-0.2, -0.15) is 5.26 Å².